The average molecular weight is 193 g/mol. The molecule has 1 aromatic rings. The Morgan fingerprint density at radius 2 is 2.21 bits per heavy atom. The highest BCUT2D eigenvalue weighted by molar-refractivity contribution is 5.21. The molecule has 2 heterocycles. The van der Waals surface area contributed by atoms with Gasteiger partial charge in [0.2, 0.25) is 0 Å². The third kappa shape index (κ3) is 1.57. The molecule has 0 aromatic carbocycles. The number of nitrogens with one attached hydrogen (secondary N) is 1. The molecule has 1 aliphatic heterocycles. The topological polar surface area (TPSA) is 31.9 Å². The van der Waals surface area contributed by atoms with Crippen molar-refractivity contribution in [1.29, 1.82) is 0 Å². The van der Waals surface area contributed by atoms with Gasteiger partial charge in [-0.05, 0) is 39.7 Å². The van der Waals surface area contributed by atoms with Crippen LogP contribution in [0.15, 0.2) is 6.20 Å². The molecule has 0 amide bonds. The SMILES string of the molecule is C[C@@H]1Cc2cn[nH]c2CN1C(C)(C)C. The monoisotopic (exact) mass is 193 g/mol. The molecule has 3 nitrogen and oxygen atoms in total. The van der Waals surface area contributed by atoms with E-state index in [4.69, 9.17) is 0 Å². The first-order chi connectivity index (χ1) is 6.48. The van der Waals surface area contributed by atoms with Crippen LogP contribution in [0.5, 0.6) is 0 Å². The second kappa shape index (κ2) is 3.09. The molecule has 0 radical (unpaired) electrons. The highest BCUT2D eigenvalue weighted by Gasteiger charge is 2.31. The van der Waals surface area contributed by atoms with Gasteiger partial charge in [0.1, 0.15) is 0 Å². The maximum Gasteiger partial charge on any atom is 0.0525 e. The zero-order chi connectivity index (χ0) is 10.3. The molecule has 0 fully saturated rings. The molecule has 1 aliphatic rings. The van der Waals surface area contributed by atoms with E-state index in [9.17, 15) is 0 Å². The molecule has 2 rings (SSSR count). The summed E-state index contributed by atoms with van der Waals surface area (Å²) in [6, 6.07) is 0.611. The van der Waals surface area contributed by atoms with Gasteiger partial charge in [-0.1, -0.05) is 0 Å². The van der Waals surface area contributed by atoms with Crippen molar-refractivity contribution in [3.63, 3.8) is 0 Å². The van der Waals surface area contributed by atoms with Crippen LogP contribution in [0.4, 0.5) is 0 Å². The fourth-order valence-corrected chi connectivity index (χ4v) is 2.30. The highest BCUT2D eigenvalue weighted by Crippen LogP contribution is 2.27. The van der Waals surface area contributed by atoms with E-state index in [2.05, 4.69) is 42.8 Å². The lowest BCUT2D eigenvalue weighted by atomic mass is 9.94. The summed E-state index contributed by atoms with van der Waals surface area (Å²) in [5, 5.41) is 7.19. The molecule has 0 saturated heterocycles. The van der Waals surface area contributed by atoms with Crippen LogP contribution in [0.2, 0.25) is 0 Å². The van der Waals surface area contributed by atoms with Crippen molar-refractivity contribution in [3.05, 3.63) is 17.5 Å². The number of fused-ring (bicyclic) bond motifs is 1. The quantitative estimate of drug-likeness (QED) is 0.683. The van der Waals surface area contributed by atoms with Crippen LogP contribution < -0.4 is 0 Å². The van der Waals surface area contributed by atoms with Crippen LogP contribution in [0.1, 0.15) is 39.0 Å². The minimum atomic E-state index is 0.238. The van der Waals surface area contributed by atoms with Gasteiger partial charge in [-0.3, -0.25) is 10.00 Å². The van der Waals surface area contributed by atoms with Gasteiger partial charge in [0.05, 0.1) is 11.9 Å². The van der Waals surface area contributed by atoms with Crippen molar-refractivity contribution in [3.8, 4) is 0 Å². The van der Waals surface area contributed by atoms with Gasteiger partial charge < -0.3 is 0 Å². The number of rotatable bonds is 0. The van der Waals surface area contributed by atoms with E-state index in [1.54, 1.807) is 0 Å². The number of aromatic nitrogens is 2. The van der Waals surface area contributed by atoms with Gasteiger partial charge in [0, 0.05) is 18.1 Å². The number of nitrogens with zero attached hydrogens (tertiary/aromatic N) is 2. The van der Waals surface area contributed by atoms with Crippen molar-refractivity contribution in [1.82, 2.24) is 15.1 Å². The van der Waals surface area contributed by atoms with E-state index in [-0.39, 0.29) is 5.54 Å². The lowest BCUT2D eigenvalue weighted by Crippen LogP contribution is -2.49. The molecule has 1 N–H and O–H groups in total. The van der Waals surface area contributed by atoms with Crippen molar-refractivity contribution in [2.45, 2.75) is 52.2 Å². The third-order valence-electron chi connectivity index (χ3n) is 3.04. The number of hydrogen-bond acceptors (Lipinski definition) is 2. The average Bonchev–Trinajstić information content (AvgIpc) is 2.47. The fraction of sp³-hybridized carbons (Fsp3) is 0.727. The molecule has 0 unspecified atom stereocenters. The van der Waals surface area contributed by atoms with Crippen LogP contribution in [0.3, 0.4) is 0 Å². The molecule has 1 aromatic heterocycles. The molecule has 0 bridgehead atoms. The molecule has 0 aliphatic carbocycles. The molecular weight excluding hydrogens is 174 g/mol. The zero-order valence-corrected chi connectivity index (χ0v) is 9.46. The van der Waals surface area contributed by atoms with Gasteiger partial charge in [-0.25, -0.2) is 0 Å². The van der Waals surface area contributed by atoms with Gasteiger partial charge in [-0.2, -0.15) is 5.10 Å². The first-order valence-corrected chi connectivity index (χ1v) is 5.26. The Morgan fingerprint density at radius 1 is 1.50 bits per heavy atom. The predicted molar refractivity (Wildman–Crippen MR) is 57.0 cm³/mol. The first kappa shape index (κ1) is 9.71. The van der Waals surface area contributed by atoms with Gasteiger partial charge >= 0.3 is 0 Å². The molecule has 78 valence electrons. The van der Waals surface area contributed by atoms with Crippen molar-refractivity contribution in [2.24, 2.45) is 0 Å². The van der Waals surface area contributed by atoms with Crippen LogP contribution in [0.25, 0.3) is 0 Å². The van der Waals surface area contributed by atoms with E-state index in [1.807, 2.05) is 6.20 Å². The van der Waals surface area contributed by atoms with Gasteiger partial charge in [-0.15, -0.1) is 0 Å². The maximum absolute atomic E-state index is 4.10. The van der Waals surface area contributed by atoms with Gasteiger partial charge in [0.15, 0.2) is 0 Å². The fourth-order valence-electron chi connectivity index (χ4n) is 2.30. The highest BCUT2D eigenvalue weighted by atomic mass is 15.2. The minimum Gasteiger partial charge on any atom is -0.290 e. The van der Waals surface area contributed by atoms with Crippen molar-refractivity contribution < 1.29 is 0 Å². The third-order valence-corrected chi connectivity index (χ3v) is 3.04. The Balaban J connectivity index is 2.26. The first-order valence-electron chi connectivity index (χ1n) is 5.26. The second-order valence-electron chi connectivity index (χ2n) is 5.23. The maximum atomic E-state index is 4.10. The van der Waals surface area contributed by atoms with Crippen LogP contribution in [-0.2, 0) is 13.0 Å². The summed E-state index contributed by atoms with van der Waals surface area (Å²) < 4.78 is 0. The number of H-pyrrole nitrogens is 1. The lowest BCUT2D eigenvalue weighted by Gasteiger charge is -2.42. The summed E-state index contributed by atoms with van der Waals surface area (Å²) in [4.78, 5) is 2.52. The van der Waals surface area contributed by atoms with E-state index in [1.165, 1.54) is 11.3 Å². The largest absolute Gasteiger partial charge is 0.290 e. The van der Waals surface area contributed by atoms with E-state index < -0.39 is 0 Å². The Morgan fingerprint density at radius 3 is 2.86 bits per heavy atom. The normalized spacial score (nSPS) is 23.6. The van der Waals surface area contributed by atoms with E-state index >= 15 is 0 Å². The summed E-state index contributed by atoms with van der Waals surface area (Å²) in [5.41, 5.74) is 2.92. The Kier molecular flexibility index (Phi) is 2.14. The van der Waals surface area contributed by atoms with E-state index in [0.29, 0.717) is 6.04 Å². The summed E-state index contributed by atoms with van der Waals surface area (Å²) in [6.07, 6.45) is 3.08. The Labute approximate surface area is 85.5 Å². The number of hydrogen-bond donors (Lipinski definition) is 1. The summed E-state index contributed by atoms with van der Waals surface area (Å²) in [7, 11) is 0. The molecule has 0 spiro atoms. The Bertz CT molecular complexity index is 322. The summed E-state index contributed by atoms with van der Waals surface area (Å²) >= 11 is 0. The second-order valence-corrected chi connectivity index (χ2v) is 5.23. The van der Waals surface area contributed by atoms with Crippen LogP contribution >= 0.6 is 0 Å². The van der Waals surface area contributed by atoms with Gasteiger partial charge in [0.25, 0.3) is 0 Å². The Hall–Kier alpha value is -0.830. The van der Waals surface area contributed by atoms with Crippen LogP contribution in [0, 0.1) is 0 Å². The zero-order valence-electron chi connectivity index (χ0n) is 9.46. The summed E-state index contributed by atoms with van der Waals surface area (Å²) in [5.74, 6) is 0. The standard InChI is InChI=1S/C11H19N3/c1-8-5-9-6-12-13-10(9)7-14(8)11(2,3)4/h6,8H,5,7H2,1-4H3,(H,12,13)/t8-/m1/s1. The van der Waals surface area contributed by atoms with Crippen molar-refractivity contribution in [2.75, 3.05) is 0 Å². The van der Waals surface area contributed by atoms with E-state index in [0.717, 1.165) is 13.0 Å². The molecule has 3 heteroatoms. The molecular formula is C11H19N3. The molecule has 1 atom stereocenters. The smallest absolute Gasteiger partial charge is 0.0525 e. The van der Waals surface area contributed by atoms with Crippen LogP contribution in [-0.4, -0.2) is 26.7 Å². The number of aromatic amines is 1. The lowest BCUT2D eigenvalue weighted by molar-refractivity contribution is 0.0705. The van der Waals surface area contributed by atoms with Crippen molar-refractivity contribution >= 4 is 0 Å². The molecule has 0 saturated carbocycles. The minimum absolute atomic E-state index is 0.238. The predicted octanol–water partition coefficient (Wildman–Crippen LogP) is 1.95. The molecule has 14 heavy (non-hydrogen) atoms. The summed E-state index contributed by atoms with van der Waals surface area (Å²) in [6.45, 7) is 10.1.